The monoisotopic (exact) mass is 524 g/mol. The third kappa shape index (κ3) is 4.99. The highest BCUT2D eigenvalue weighted by Crippen LogP contribution is 2.31. The van der Waals surface area contributed by atoms with E-state index >= 15 is 0 Å². The molecule has 38 heavy (non-hydrogen) atoms. The van der Waals surface area contributed by atoms with Crippen LogP contribution in [0.3, 0.4) is 0 Å². The van der Waals surface area contributed by atoms with E-state index in [0.29, 0.717) is 26.2 Å². The van der Waals surface area contributed by atoms with Crippen molar-refractivity contribution in [3.05, 3.63) is 138 Å². The number of aromatic nitrogens is 1. The third-order valence-corrected chi connectivity index (χ3v) is 7.18. The molecule has 0 N–H and O–H groups in total. The van der Waals surface area contributed by atoms with Crippen LogP contribution in [-0.4, -0.2) is 23.6 Å². The van der Waals surface area contributed by atoms with E-state index in [9.17, 15) is 14.4 Å². The summed E-state index contributed by atoms with van der Waals surface area (Å²) >= 11 is 1.26. The van der Waals surface area contributed by atoms with Gasteiger partial charge in [0.1, 0.15) is 6.61 Å². The van der Waals surface area contributed by atoms with E-state index in [2.05, 4.69) is 4.99 Å². The number of hydrogen-bond acceptors (Lipinski definition) is 7. The zero-order valence-corrected chi connectivity index (χ0v) is 21.6. The second-order valence-electron chi connectivity index (χ2n) is 8.67. The minimum absolute atomic E-state index is 0.0862. The maximum atomic E-state index is 13.7. The van der Waals surface area contributed by atoms with Crippen LogP contribution in [0.5, 0.6) is 0 Å². The van der Waals surface area contributed by atoms with Crippen LogP contribution in [0, 0.1) is 0 Å². The summed E-state index contributed by atoms with van der Waals surface area (Å²) in [5.41, 5.74) is 3.21. The maximum absolute atomic E-state index is 13.7. The van der Waals surface area contributed by atoms with Crippen molar-refractivity contribution in [3.8, 4) is 0 Å². The lowest BCUT2D eigenvalue weighted by Gasteiger charge is -2.25. The van der Waals surface area contributed by atoms with Gasteiger partial charge in [0.15, 0.2) is 4.80 Å². The van der Waals surface area contributed by atoms with Crippen molar-refractivity contribution >= 4 is 29.4 Å². The molecule has 0 saturated heterocycles. The van der Waals surface area contributed by atoms with E-state index < -0.39 is 18.0 Å². The van der Waals surface area contributed by atoms with Crippen LogP contribution < -0.4 is 14.9 Å². The predicted molar refractivity (Wildman–Crippen MR) is 144 cm³/mol. The average molecular weight is 525 g/mol. The number of benzene rings is 3. The molecule has 0 amide bonds. The van der Waals surface area contributed by atoms with Crippen molar-refractivity contribution in [1.29, 1.82) is 0 Å². The molecule has 1 atom stereocenters. The fraction of sp³-hybridized carbons (Fsp3) is 0.133. The molecule has 8 heteroatoms. The molecule has 7 nitrogen and oxygen atoms in total. The molecule has 1 aliphatic rings. The molecule has 3 aromatic carbocycles. The number of methoxy groups -OCH3 is 1. The number of allylic oxidation sites excluding steroid dienone is 1. The van der Waals surface area contributed by atoms with E-state index in [1.807, 2.05) is 66.7 Å². The van der Waals surface area contributed by atoms with E-state index in [1.165, 1.54) is 23.0 Å². The summed E-state index contributed by atoms with van der Waals surface area (Å²) in [5, 5.41) is 0. The van der Waals surface area contributed by atoms with Gasteiger partial charge in [-0.05, 0) is 41.8 Å². The number of carbonyl (C=O) groups is 2. The first-order valence-corrected chi connectivity index (χ1v) is 12.7. The molecule has 0 radical (unpaired) electrons. The van der Waals surface area contributed by atoms with E-state index in [-0.39, 0.29) is 17.7 Å². The van der Waals surface area contributed by atoms with E-state index in [0.717, 1.165) is 11.1 Å². The summed E-state index contributed by atoms with van der Waals surface area (Å²) < 4.78 is 12.5. The highest BCUT2D eigenvalue weighted by atomic mass is 32.1. The summed E-state index contributed by atoms with van der Waals surface area (Å²) in [6, 6.07) is 24.8. The highest BCUT2D eigenvalue weighted by molar-refractivity contribution is 7.07. The number of fused-ring (bicyclic) bond motifs is 1. The van der Waals surface area contributed by atoms with Crippen LogP contribution in [0.15, 0.2) is 106 Å². The average Bonchev–Trinajstić information content (AvgIpc) is 3.25. The smallest absolute Gasteiger partial charge is 0.338 e. The summed E-state index contributed by atoms with van der Waals surface area (Å²) in [4.78, 5) is 44.3. The van der Waals surface area contributed by atoms with Crippen LogP contribution in [0.2, 0.25) is 0 Å². The SMILES string of the molecule is COC(=O)c1ccc(C2C(C(=O)OCc3ccccc3)=C(C)N=c3sc(=Cc4ccccc4)c(=O)n32)cc1. The lowest BCUT2D eigenvalue weighted by Crippen LogP contribution is -2.39. The van der Waals surface area contributed by atoms with Crippen molar-refractivity contribution in [2.24, 2.45) is 4.99 Å². The van der Waals surface area contributed by atoms with Crippen molar-refractivity contribution in [3.63, 3.8) is 0 Å². The summed E-state index contributed by atoms with van der Waals surface area (Å²) in [5.74, 6) is -1.04. The zero-order valence-electron chi connectivity index (χ0n) is 20.8. The minimum atomic E-state index is -0.779. The summed E-state index contributed by atoms with van der Waals surface area (Å²) in [6.45, 7) is 1.83. The molecule has 1 aliphatic heterocycles. The Labute approximate surface area is 222 Å². The van der Waals surface area contributed by atoms with Gasteiger partial charge in [-0.25, -0.2) is 14.6 Å². The Kier molecular flexibility index (Phi) is 7.15. The van der Waals surface area contributed by atoms with Gasteiger partial charge in [0.25, 0.3) is 5.56 Å². The zero-order chi connectivity index (χ0) is 26.6. The molecule has 2 heterocycles. The first-order chi connectivity index (χ1) is 18.5. The first-order valence-electron chi connectivity index (χ1n) is 11.9. The largest absolute Gasteiger partial charge is 0.465 e. The van der Waals surface area contributed by atoms with Crippen LogP contribution in [0.1, 0.15) is 40.0 Å². The molecule has 0 bridgehead atoms. The molecule has 190 valence electrons. The lowest BCUT2D eigenvalue weighted by atomic mass is 9.95. The van der Waals surface area contributed by atoms with Gasteiger partial charge < -0.3 is 9.47 Å². The van der Waals surface area contributed by atoms with Gasteiger partial charge in [0.05, 0.1) is 34.5 Å². The Hall–Kier alpha value is -4.56. The Morgan fingerprint density at radius 2 is 1.61 bits per heavy atom. The Bertz CT molecular complexity index is 1700. The molecule has 0 fully saturated rings. The molecule has 1 aromatic heterocycles. The molecule has 5 rings (SSSR count). The first kappa shape index (κ1) is 25.1. The maximum Gasteiger partial charge on any atom is 0.338 e. The van der Waals surface area contributed by atoms with Crippen LogP contribution in [0.4, 0.5) is 0 Å². The second-order valence-corrected chi connectivity index (χ2v) is 9.68. The van der Waals surface area contributed by atoms with Gasteiger partial charge in [0, 0.05) is 0 Å². The normalized spacial score (nSPS) is 15.0. The number of rotatable bonds is 6. The number of thiazole rings is 1. The third-order valence-electron chi connectivity index (χ3n) is 6.20. The highest BCUT2D eigenvalue weighted by Gasteiger charge is 2.33. The summed E-state index contributed by atoms with van der Waals surface area (Å²) in [7, 11) is 1.31. The topological polar surface area (TPSA) is 87.0 Å². The number of carbonyl (C=O) groups excluding carboxylic acids is 2. The van der Waals surface area contributed by atoms with Gasteiger partial charge in [-0.1, -0.05) is 84.1 Å². The van der Waals surface area contributed by atoms with Crippen molar-refractivity contribution in [2.45, 2.75) is 19.6 Å². The molecular weight excluding hydrogens is 500 g/mol. The number of ether oxygens (including phenoxy) is 2. The fourth-order valence-corrected chi connectivity index (χ4v) is 5.37. The molecule has 0 saturated carbocycles. The van der Waals surface area contributed by atoms with E-state index in [4.69, 9.17) is 9.47 Å². The van der Waals surface area contributed by atoms with Crippen molar-refractivity contribution < 1.29 is 19.1 Å². The van der Waals surface area contributed by atoms with Crippen LogP contribution >= 0.6 is 11.3 Å². The van der Waals surface area contributed by atoms with Gasteiger partial charge in [0.2, 0.25) is 0 Å². The standard InChI is InChI=1S/C30H24N2O5S/c1-19-25(29(35)37-18-21-11-7-4-8-12-21)26(22-13-15-23(16-14-22)28(34)36-2)32-27(33)24(38-30(32)31-19)17-20-9-5-3-6-10-20/h3-17,26H,18H2,1-2H3. The quantitative estimate of drug-likeness (QED) is 0.359. The minimum Gasteiger partial charge on any atom is -0.465 e. The Balaban J connectivity index is 1.61. The fourth-order valence-electron chi connectivity index (χ4n) is 4.32. The second kappa shape index (κ2) is 10.8. The number of nitrogens with zero attached hydrogens (tertiary/aromatic N) is 2. The molecule has 1 unspecified atom stereocenters. The number of esters is 2. The molecular formula is C30H24N2O5S. The van der Waals surface area contributed by atoms with Crippen molar-refractivity contribution in [1.82, 2.24) is 4.57 Å². The predicted octanol–water partition coefficient (Wildman–Crippen LogP) is 3.77. The van der Waals surface area contributed by atoms with Crippen molar-refractivity contribution in [2.75, 3.05) is 7.11 Å². The molecule has 0 spiro atoms. The summed E-state index contributed by atoms with van der Waals surface area (Å²) in [6.07, 6.45) is 1.81. The van der Waals surface area contributed by atoms with Gasteiger partial charge >= 0.3 is 11.9 Å². The molecule has 0 aliphatic carbocycles. The van der Waals surface area contributed by atoms with Gasteiger partial charge in [-0.2, -0.15) is 0 Å². The van der Waals surface area contributed by atoms with E-state index in [1.54, 1.807) is 31.2 Å². The molecule has 4 aromatic rings. The van der Waals surface area contributed by atoms with Crippen LogP contribution in [-0.2, 0) is 20.9 Å². The van der Waals surface area contributed by atoms with Crippen LogP contribution in [0.25, 0.3) is 6.08 Å². The number of hydrogen-bond donors (Lipinski definition) is 0. The Morgan fingerprint density at radius 1 is 0.947 bits per heavy atom. The van der Waals surface area contributed by atoms with Gasteiger partial charge in [-0.15, -0.1) is 0 Å². The lowest BCUT2D eigenvalue weighted by molar-refractivity contribution is -0.140. The van der Waals surface area contributed by atoms with Gasteiger partial charge in [-0.3, -0.25) is 9.36 Å². The Morgan fingerprint density at radius 3 is 2.26 bits per heavy atom.